The van der Waals surface area contributed by atoms with Crippen molar-refractivity contribution in [1.82, 2.24) is 4.90 Å². The number of hydrogen-bond donors (Lipinski definition) is 2. The molecule has 118 valence electrons. The molecule has 1 fully saturated rings. The Labute approximate surface area is 141 Å². The molecular formula is C14H22FIN4O. The van der Waals surface area contributed by atoms with E-state index in [1.807, 2.05) is 4.90 Å². The summed E-state index contributed by atoms with van der Waals surface area (Å²) in [5, 5.41) is 9.19. The van der Waals surface area contributed by atoms with Crippen LogP contribution in [-0.4, -0.2) is 54.8 Å². The molecule has 1 aliphatic rings. The van der Waals surface area contributed by atoms with Crippen molar-refractivity contribution in [2.45, 2.75) is 13.0 Å². The fourth-order valence-electron chi connectivity index (χ4n) is 2.17. The van der Waals surface area contributed by atoms with E-state index in [1.165, 1.54) is 12.1 Å². The molecule has 0 aliphatic carbocycles. The Bertz CT molecular complexity index is 459. The van der Waals surface area contributed by atoms with Gasteiger partial charge in [0.2, 0.25) is 0 Å². The molecule has 0 radical (unpaired) electrons. The maximum absolute atomic E-state index is 12.9. The van der Waals surface area contributed by atoms with Crippen LogP contribution in [0, 0.1) is 5.82 Å². The molecule has 3 N–H and O–H groups in total. The molecular weight excluding hydrogens is 386 g/mol. The minimum atomic E-state index is -0.478. The van der Waals surface area contributed by atoms with Gasteiger partial charge in [-0.05, 0) is 31.2 Å². The normalized spacial score (nSPS) is 17.4. The van der Waals surface area contributed by atoms with Crippen LogP contribution in [0.3, 0.4) is 0 Å². The van der Waals surface area contributed by atoms with Gasteiger partial charge >= 0.3 is 0 Å². The minimum absolute atomic E-state index is 0. The summed E-state index contributed by atoms with van der Waals surface area (Å²) in [7, 11) is 0. The molecule has 1 heterocycles. The van der Waals surface area contributed by atoms with E-state index in [2.05, 4.69) is 9.89 Å². The number of piperazine rings is 1. The fraction of sp³-hybridized carbons (Fsp3) is 0.500. The maximum atomic E-state index is 12.9. The van der Waals surface area contributed by atoms with Crippen molar-refractivity contribution in [3.63, 3.8) is 0 Å². The minimum Gasteiger partial charge on any atom is -0.391 e. The second kappa shape index (κ2) is 8.38. The summed E-state index contributed by atoms with van der Waals surface area (Å²) in [5.74, 6) is 0.256. The molecule has 1 unspecified atom stereocenters. The molecule has 21 heavy (non-hydrogen) atoms. The summed E-state index contributed by atoms with van der Waals surface area (Å²) in [6.45, 7) is 5.18. The predicted molar refractivity (Wildman–Crippen MR) is 93.8 cm³/mol. The Morgan fingerprint density at radius 1 is 1.29 bits per heavy atom. The van der Waals surface area contributed by atoms with Crippen LogP contribution in [0.4, 0.5) is 10.1 Å². The molecule has 5 nitrogen and oxygen atoms in total. The molecule has 0 saturated carbocycles. The Balaban J connectivity index is 0.00000220. The van der Waals surface area contributed by atoms with E-state index in [-0.39, 0.29) is 29.8 Å². The summed E-state index contributed by atoms with van der Waals surface area (Å²) >= 11 is 0. The van der Waals surface area contributed by atoms with Crippen molar-refractivity contribution >= 4 is 35.6 Å². The van der Waals surface area contributed by atoms with Crippen molar-refractivity contribution in [2.75, 3.05) is 37.6 Å². The molecule has 1 saturated heterocycles. The highest BCUT2D eigenvalue weighted by atomic mass is 127. The molecule has 0 bridgehead atoms. The van der Waals surface area contributed by atoms with Crippen LogP contribution < -0.4 is 10.6 Å². The van der Waals surface area contributed by atoms with Crippen LogP contribution >= 0.6 is 24.0 Å². The monoisotopic (exact) mass is 408 g/mol. The summed E-state index contributed by atoms with van der Waals surface area (Å²) in [4.78, 5) is 8.35. The Kier molecular flexibility index (Phi) is 7.16. The highest BCUT2D eigenvalue weighted by Gasteiger charge is 2.18. The number of aliphatic hydroxyl groups is 1. The molecule has 1 aliphatic heterocycles. The van der Waals surface area contributed by atoms with E-state index in [9.17, 15) is 9.50 Å². The molecule has 1 aromatic carbocycles. The second-order valence-corrected chi connectivity index (χ2v) is 5.00. The molecule has 1 atom stereocenters. The van der Waals surface area contributed by atoms with Crippen LogP contribution in [-0.2, 0) is 0 Å². The highest BCUT2D eigenvalue weighted by Crippen LogP contribution is 2.16. The number of halogens is 2. The molecule has 7 heteroatoms. The first kappa shape index (κ1) is 18.0. The van der Waals surface area contributed by atoms with Crippen molar-refractivity contribution < 1.29 is 9.50 Å². The average molecular weight is 408 g/mol. The van der Waals surface area contributed by atoms with Gasteiger partial charge in [0.05, 0.1) is 12.6 Å². The fourth-order valence-corrected chi connectivity index (χ4v) is 2.17. The van der Waals surface area contributed by atoms with E-state index in [0.29, 0.717) is 12.5 Å². The number of anilines is 1. The number of aliphatic hydroxyl groups excluding tert-OH is 1. The summed E-state index contributed by atoms with van der Waals surface area (Å²) in [5.41, 5.74) is 6.92. The van der Waals surface area contributed by atoms with Gasteiger partial charge in [0, 0.05) is 31.9 Å². The van der Waals surface area contributed by atoms with Gasteiger partial charge in [0.25, 0.3) is 0 Å². The number of benzene rings is 1. The van der Waals surface area contributed by atoms with Crippen LogP contribution in [0.2, 0.25) is 0 Å². The van der Waals surface area contributed by atoms with Crippen LogP contribution in [0.25, 0.3) is 0 Å². The highest BCUT2D eigenvalue weighted by molar-refractivity contribution is 14.0. The molecule has 0 amide bonds. The van der Waals surface area contributed by atoms with E-state index < -0.39 is 6.10 Å². The van der Waals surface area contributed by atoms with E-state index in [0.717, 1.165) is 31.9 Å². The molecule has 1 aromatic rings. The number of rotatable bonds is 3. The topological polar surface area (TPSA) is 65.1 Å². The van der Waals surface area contributed by atoms with Crippen LogP contribution in [0.1, 0.15) is 6.92 Å². The molecule has 2 rings (SSSR count). The lowest BCUT2D eigenvalue weighted by Gasteiger charge is -2.36. The first-order chi connectivity index (χ1) is 9.56. The van der Waals surface area contributed by atoms with Crippen molar-refractivity contribution in [3.8, 4) is 0 Å². The second-order valence-electron chi connectivity index (χ2n) is 5.00. The van der Waals surface area contributed by atoms with E-state index >= 15 is 0 Å². The summed E-state index contributed by atoms with van der Waals surface area (Å²) in [6.07, 6.45) is -0.478. The maximum Gasteiger partial charge on any atom is 0.191 e. The van der Waals surface area contributed by atoms with Gasteiger partial charge in [0.1, 0.15) is 5.82 Å². The largest absolute Gasteiger partial charge is 0.391 e. The third kappa shape index (κ3) is 5.31. The number of guanidine groups is 1. The van der Waals surface area contributed by atoms with Crippen LogP contribution in [0.5, 0.6) is 0 Å². The van der Waals surface area contributed by atoms with Gasteiger partial charge in [-0.25, -0.2) is 4.39 Å². The van der Waals surface area contributed by atoms with E-state index in [1.54, 1.807) is 19.1 Å². The number of hydrogen-bond acceptors (Lipinski definition) is 3. The number of nitrogens with two attached hydrogens (primary N) is 1. The van der Waals surface area contributed by atoms with Crippen molar-refractivity contribution in [3.05, 3.63) is 30.1 Å². The van der Waals surface area contributed by atoms with Gasteiger partial charge < -0.3 is 20.6 Å². The Morgan fingerprint density at radius 3 is 2.38 bits per heavy atom. The number of nitrogens with zero attached hydrogens (tertiary/aromatic N) is 3. The zero-order valence-corrected chi connectivity index (χ0v) is 14.4. The smallest absolute Gasteiger partial charge is 0.191 e. The third-order valence-electron chi connectivity index (χ3n) is 3.31. The molecule has 0 aromatic heterocycles. The Hall–Kier alpha value is -1.09. The number of aliphatic imine (C=N–C) groups is 1. The lowest BCUT2D eigenvalue weighted by molar-refractivity contribution is 0.203. The summed E-state index contributed by atoms with van der Waals surface area (Å²) in [6, 6.07) is 6.52. The van der Waals surface area contributed by atoms with Gasteiger partial charge in [-0.3, -0.25) is 4.99 Å². The average Bonchev–Trinajstić information content (AvgIpc) is 2.46. The van der Waals surface area contributed by atoms with Gasteiger partial charge in [-0.15, -0.1) is 24.0 Å². The SMILES string of the molecule is CC(O)CN=C(N)N1CCN(c2ccc(F)cc2)CC1.I. The van der Waals surface area contributed by atoms with Gasteiger partial charge in [-0.1, -0.05) is 0 Å². The quantitative estimate of drug-likeness (QED) is 0.449. The van der Waals surface area contributed by atoms with Crippen LogP contribution in [0.15, 0.2) is 29.3 Å². The molecule has 0 spiro atoms. The Morgan fingerprint density at radius 2 is 1.86 bits per heavy atom. The lowest BCUT2D eigenvalue weighted by Crippen LogP contribution is -2.51. The van der Waals surface area contributed by atoms with Crippen molar-refractivity contribution in [1.29, 1.82) is 0 Å². The predicted octanol–water partition coefficient (Wildman–Crippen LogP) is 1.26. The summed E-state index contributed by atoms with van der Waals surface area (Å²) < 4.78 is 12.9. The van der Waals surface area contributed by atoms with E-state index in [4.69, 9.17) is 5.73 Å². The van der Waals surface area contributed by atoms with Gasteiger partial charge in [0.15, 0.2) is 5.96 Å². The van der Waals surface area contributed by atoms with Gasteiger partial charge in [-0.2, -0.15) is 0 Å². The third-order valence-corrected chi connectivity index (χ3v) is 3.31. The zero-order chi connectivity index (χ0) is 14.5. The first-order valence-electron chi connectivity index (χ1n) is 6.79. The first-order valence-corrected chi connectivity index (χ1v) is 6.79. The standard InChI is InChI=1S/C14H21FN4O.HI/c1-11(20)10-17-14(16)19-8-6-18(7-9-19)13-4-2-12(15)3-5-13;/h2-5,11,20H,6-10H2,1H3,(H2,16,17);1H. The van der Waals surface area contributed by atoms with Crippen molar-refractivity contribution in [2.24, 2.45) is 10.7 Å². The lowest BCUT2D eigenvalue weighted by atomic mass is 10.2. The zero-order valence-electron chi connectivity index (χ0n) is 12.1.